The summed E-state index contributed by atoms with van der Waals surface area (Å²) in [4.78, 5) is 18.7. The number of para-hydroxylation sites is 1. The first kappa shape index (κ1) is 15.7. The fourth-order valence-electron chi connectivity index (χ4n) is 2.84. The number of fused-ring (bicyclic) bond motifs is 1. The molecule has 0 atom stereocenters. The van der Waals surface area contributed by atoms with Gasteiger partial charge in [0.1, 0.15) is 0 Å². The summed E-state index contributed by atoms with van der Waals surface area (Å²) in [7, 11) is 0. The Bertz CT molecular complexity index is 825. The van der Waals surface area contributed by atoms with Crippen LogP contribution in [0, 0.1) is 6.92 Å². The highest BCUT2D eigenvalue weighted by Gasteiger charge is 2.16. The van der Waals surface area contributed by atoms with Crippen LogP contribution in [0.5, 0.6) is 0 Å². The van der Waals surface area contributed by atoms with E-state index < -0.39 is 0 Å². The van der Waals surface area contributed by atoms with Crippen LogP contribution in [-0.4, -0.2) is 17.4 Å². The van der Waals surface area contributed by atoms with Gasteiger partial charge in [-0.2, -0.15) is 0 Å². The third-order valence-electron chi connectivity index (χ3n) is 4.04. The number of pyridine rings is 1. The van der Waals surface area contributed by atoms with Crippen LogP contribution < -0.4 is 5.32 Å². The van der Waals surface area contributed by atoms with E-state index in [4.69, 9.17) is 0 Å². The molecule has 0 bridgehead atoms. The number of nitrogens with zero attached hydrogens (tertiary/aromatic N) is 1. The Morgan fingerprint density at radius 2 is 2.04 bits per heavy atom. The Balaban J connectivity index is 1.88. The minimum atomic E-state index is -0.00708. The zero-order valence-electron chi connectivity index (χ0n) is 13.4. The molecule has 0 unspecified atom stereocenters. The number of carbonyl (C=O) groups is 1. The van der Waals surface area contributed by atoms with Crippen molar-refractivity contribution in [2.24, 2.45) is 0 Å². The van der Waals surface area contributed by atoms with Gasteiger partial charge in [-0.15, -0.1) is 11.3 Å². The molecule has 3 rings (SSSR count). The summed E-state index contributed by atoms with van der Waals surface area (Å²) < 4.78 is 0. The summed E-state index contributed by atoms with van der Waals surface area (Å²) >= 11 is 1.72. The van der Waals surface area contributed by atoms with E-state index in [9.17, 15) is 4.79 Å². The third-order valence-corrected chi connectivity index (χ3v) is 4.97. The van der Waals surface area contributed by atoms with Gasteiger partial charge in [-0.05, 0) is 42.8 Å². The second kappa shape index (κ2) is 6.92. The third kappa shape index (κ3) is 3.27. The van der Waals surface area contributed by atoms with Gasteiger partial charge in [0.05, 0.1) is 11.1 Å². The highest BCUT2D eigenvalue weighted by atomic mass is 32.1. The number of benzene rings is 1. The Hall–Kier alpha value is -2.20. The smallest absolute Gasteiger partial charge is 0.252 e. The minimum Gasteiger partial charge on any atom is -0.352 e. The molecule has 0 saturated heterocycles. The molecule has 0 spiro atoms. The zero-order valence-corrected chi connectivity index (χ0v) is 14.2. The molecule has 3 nitrogen and oxygen atoms in total. The fraction of sp³-hybridized carbons (Fsp3) is 0.263. The van der Waals surface area contributed by atoms with E-state index in [2.05, 4.69) is 28.7 Å². The standard InChI is InChI=1S/C19H20N2OS/c1-3-16-13(2)18(15-8-4-5-9-17(15)21-16)19(22)20-11-10-14-7-6-12-23-14/h4-9,12H,3,10-11H2,1-2H3,(H,20,22). The maximum atomic E-state index is 12.7. The number of aryl methyl sites for hydroxylation is 1. The van der Waals surface area contributed by atoms with Crippen molar-refractivity contribution in [3.05, 3.63) is 63.5 Å². The lowest BCUT2D eigenvalue weighted by Gasteiger charge is -2.13. The molecule has 23 heavy (non-hydrogen) atoms. The van der Waals surface area contributed by atoms with Gasteiger partial charge in [0.15, 0.2) is 0 Å². The number of rotatable bonds is 5. The summed E-state index contributed by atoms with van der Waals surface area (Å²) in [6.45, 7) is 4.71. The lowest BCUT2D eigenvalue weighted by molar-refractivity contribution is 0.0955. The average molecular weight is 324 g/mol. The Morgan fingerprint density at radius 1 is 1.22 bits per heavy atom. The van der Waals surface area contributed by atoms with Gasteiger partial charge < -0.3 is 5.32 Å². The number of hydrogen-bond donors (Lipinski definition) is 1. The summed E-state index contributed by atoms with van der Waals surface area (Å²) in [6.07, 6.45) is 1.69. The van der Waals surface area contributed by atoms with Gasteiger partial charge >= 0.3 is 0 Å². The number of aromatic nitrogens is 1. The van der Waals surface area contributed by atoms with Crippen LogP contribution in [0.3, 0.4) is 0 Å². The first-order valence-corrected chi connectivity index (χ1v) is 8.77. The van der Waals surface area contributed by atoms with Crippen molar-refractivity contribution in [1.29, 1.82) is 0 Å². The molecule has 4 heteroatoms. The van der Waals surface area contributed by atoms with Gasteiger partial charge in [-0.3, -0.25) is 9.78 Å². The van der Waals surface area contributed by atoms with Gasteiger partial charge in [0.2, 0.25) is 0 Å². The highest BCUT2D eigenvalue weighted by molar-refractivity contribution is 7.09. The largest absolute Gasteiger partial charge is 0.352 e. The molecule has 1 aromatic carbocycles. The molecule has 3 aromatic rings. The van der Waals surface area contributed by atoms with E-state index >= 15 is 0 Å². The number of nitrogens with one attached hydrogen (secondary N) is 1. The number of hydrogen-bond acceptors (Lipinski definition) is 3. The molecule has 0 fully saturated rings. The quantitative estimate of drug-likeness (QED) is 0.766. The highest BCUT2D eigenvalue weighted by Crippen LogP contribution is 2.23. The number of carbonyl (C=O) groups excluding carboxylic acids is 1. The predicted octanol–water partition coefficient (Wildman–Crippen LogP) is 4.14. The van der Waals surface area contributed by atoms with E-state index in [1.807, 2.05) is 37.3 Å². The van der Waals surface area contributed by atoms with Gasteiger partial charge in [0.25, 0.3) is 5.91 Å². The fourth-order valence-corrected chi connectivity index (χ4v) is 3.55. The Morgan fingerprint density at radius 3 is 2.78 bits per heavy atom. The van der Waals surface area contributed by atoms with E-state index in [0.29, 0.717) is 6.54 Å². The van der Waals surface area contributed by atoms with Crippen molar-refractivity contribution in [3.63, 3.8) is 0 Å². The van der Waals surface area contributed by atoms with Crippen molar-refractivity contribution in [1.82, 2.24) is 10.3 Å². The SMILES string of the molecule is CCc1nc2ccccc2c(C(=O)NCCc2cccs2)c1C. The second-order valence-corrected chi connectivity index (χ2v) is 6.55. The van der Waals surface area contributed by atoms with Crippen LogP contribution in [0.15, 0.2) is 41.8 Å². The van der Waals surface area contributed by atoms with Crippen LogP contribution in [0.1, 0.15) is 33.4 Å². The average Bonchev–Trinajstić information content (AvgIpc) is 3.07. The van der Waals surface area contributed by atoms with Gasteiger partial charge in [-0.1, -0.05) is 31.2 Å². The van der Waals surface area contributed by atoms with Gasteiger partial charge in [0, 0.05) is 22.5 Å². The maximum absolute atomic E-state index is 12.7. The van der Waals surface area contributed by atoms with E-state index in [-0.39, 0.29) is 5.91 Å². The van der Waals surface area contributed by atoms with Crippen LogP contribution in [0.2, 0.25) is 0 Å². The van der Waals surface area contributed by atoms with Crippen LogP contribution in [0.4, 0.5) is 0 Å². The summed E-state index contributed by atoms with van der Waals surface area (Å²) in [5, 5.41) is 6.05. The molecule has 2 heterocycles. The molecule has 0 aliphatic heterocycles. The summed E-state index contributed by atoms with van der Waals surface area (Å²) in [6, 6.07) is 12.0. The molecule has 0 radical (unpaired) electrons. The number of thiophene rings is 1. The topological polar surface area (TPSA) is 42.0 Å². The molecular weight excluding hydrogens is 304 g/mol. The van der Waals surface area contributed by atoms with Crippen molar-refractivity contribution in [2.75, 3.05) is 6.54 Å². The van der Waals surface area contributed by atoms with Crippen molar-refractivity contribution in [2.45, 2.75) is 26.7 Å². The first-order chi connectivity index (χ1) is 11.2. The molecule has 0 aliphatic rings. The van der Waals surface area contributed by atoms with Crippen molar-refractivity contribution >= 4 is 28.1 Å². The van der Waals surface area contributed by atoms with Crippen molar-refractivity contribution < 1.29 is 4.79 Å². The first-order valence-electron chi connectivity index (χ1n) is 7.89. The zero-order chi connectivity index (χ0) is 16.2. The second-order valence-electron chi connectivity index (χ2n) is 5.51. The van der Waals surface area contributed by atoms with Crippen LogP contribution in [0.25, 0.3) is 10.9 Å². The monoisotopic (exact) mass is 324 g/mol. The lowest BCUT2D eigenvalue weighted by Crippen LogP contribution is -2.27. The predicted molar refractivity (Wildman–Crippen MR) is 96.2 cm³/mol. The van der Waals surface area contributed by atoms with E-state index in [0.717, 1.165) is 40.6 Å². The molecule has 1 N–H and O–H groups in total. The molecule has 118 valence electrons. The van der Waals surface area contributed by atoms with Crippen LogP contribution in [-0.2, 0) is 12.8 Å². The summed E-state index contributed by atoms with van der Waals surface area (Å²) in [5.74, 6) is -0.00708. The molecule has 2 aromatic heterocycles. The van der Waals surface area contributed by atoms with Crippen molar-refractivity contribution in [3.8, 4) is 0 Å². The molecular formula is C19H20N2OS. The molecule has 0 saturated carbocycles. The molecule has 1 amide bonds. The maximum Gasteiger partial charge on any atom is 0.252 e. The molecule has 0 aliphatic carbocycles. The Labute approximate surface area is 140 Å². The normalized spacial score (nSPS) is 10.9. The van der Waals surface area contributed by atoms with E-state index in [1.54, 1.807) is 11.3 Å². The lowest BCUT2D eigenvalue weighted by atomic mass is 9.99. The number of amides is 1. The van der Waals surface area contributed by atoms with E-state index in [1.165, 1.54) is 4.88 Å². The minimum absolute atomic E-state index is 0.00708. The Kier molecular flexibility index (Phi) is 4.72. The van der Waals surface area contributed by atoms with Crippen LogP contribution >= 0.6 is 11.3 Å². The summed E-state index contributed by atoms with van der Waals surface area (Å²) in [5.41, 5.74) is 3.63. The van der Waals surface area contributed by atoms with Gasteiger partial charge in [-0.25, -0.2) is 0 Å².